The smallest absolute Gasteiger partial charge is 0.307 e. The van der Waals surface area contributed by atoms with Gasteiger partial charge in [-0.1, -0.05) is 18.2 Å². The van der Waals surface area contributed by atoms with Crippen molar-refractivity contribution in [2.75, 3.05) is 13.7 Å². The van der Waals surface area contributed by atoms with Crippen molar-refractivity contribution >= 4 is 5.97 Å². The molecule has 0 aromatic heterocycles. The predicted molar refractivity (Wildman–Crippen MR) is 59.1 cm³/mol. The molecule has 2 rings (SSSR count). The van der Waals surface area contributed by atoms with Crippen LogP contribution in [0.25, 0.3) is 0 Å². The van der Waals surface area contributed by atoms with Crippen LogP contribution in [0.4, 0.5) is 0 Å². The van der Waals surface area contributed by atoms with Gasteiger partial charge in [0.2, 0.25) is 0 Å². The maximum Gasteiger partial charge on any atom is 0.307 e. The third-order valence-electron chi connectivity index (χ3n) is 2.92. The van der Waals surface area contributed by atoms with Crippen molar-refractivity contribution in [3.63, 3.8) is 0 Å². The Hall–Kier alpha value is -1.55. The molecule has 1 heterocycles. The number of carbonyl (C=O) groups is 1. The van der Waals surface area contributed by atoms with E-state index in [0.29, 0.717) is 13.0 Å². The molecular formula is C12H15NO3. The first kappa shape index (κ1) is 11.0. The number of ether oxygens (including phenoxy) is 2. The highest BCUT2D eigenvalue weighted by Crippen LogP contribution is 2.37. The third-order valence-corrected chi connectivity index (χ3v) is 2.92. The van der Waals surface area contributed by atoms with Crippen LogP contribution in [0.15, 0.2) is 24.3 Å². The molecule has 0 unspecified atom stereocenters. The van der Waals surface area contributed by atoms with Crippen LogP contribution >= 0.6 is 0 Å². The second-order valence-corrected chi connectivity index (χ2v) is 4.00. The Kier molecular flexibility index (Phi) is 2.83. The molecule has 1 aromatic carbocycles. The van der Waals surface area contributed by atoms with Crippen LogP contribution in [-0.4, -0.2) is 19.7 Å². The van der Waals surface area contributed by atoms with Gasteiger partial charge in [-0.3, -0.25) is 4.79 Å². The first-order valence-electron chi connectivity index (χ1n) is 5.24. The number of hydrogen-bond donors (Lipinski definition) is 1. The summed E-state index contributed by atoms with van der Waals surface area (Å²) in [5, 5.41) is 0. The first-order valence-corrected chi connectivity index (χ1v) is 5.24. The molecule has 4 nitrogen and oxygen atoms in total. The summed E-state index contributed by atoms with van der Waals surface area (Å²) in [7, 11) is 1.37. The largest absolute Gasteiger partial charge is 0.493 e. The van der Waals surface area contributed by atoms with Gasteiger partial charge in [-0.25, -0.2) is 0 Å². The fourth-order valence-corrected chi connectivity index (χ4v) is 1.99. The highest BCUT2D eigenvalue weighted by Gasteiger charge is 2.36. The van der Waals surface area contributed by atoms with Gasteiger partial charge in [0.1, 0.15) is 5.75 Å². The molecule has 0 spiro atoms. The van der Waals surface area contributed by atoms with Crippen LogP contribution in [0, 0.1) is 0 Å². The topological polar surface area (TPSA) is 61.5 Å². The number of methoxy groups -OCH3 is 1. The van der Waals surface area contributed by atoms with Crippen LogP contribution < -0.4 is 10.5 Å². The number of carbonyl (C=O) groups excluding carboxylic acids is 1. The van der Waals surface area contributed by atoms with E-state index in [0.717, 1.165) is 11.3 Å². The number of benzene rings is 1. The van der Waals surface area contributed by atoms with Crippen molar-refractivity contribution in [2.45, 2.75) is 18.4 Å². The molecule has 0 radical (unpaired) electrons. The fourth-order valence-electron chi connectivity index (χ4n) is 1.99. The molecule has 1 aliphatic heterocycles. The van der Waals surface area contributed by atoms with Gasteiger partial charge in [-0.2, -0.15) is 0 Å². The lowest BCUT2D eigenvalue weighted by Gasteiger charge is -2.34. The molecule has 2 N–H and O–H groups in total. The molecule has 16 heavy (non-hydrogen) atoms. The normalized spacial score (nSPS) is 23.1. The van der Waals surface area contributed by atoms with Gasteiger partial charge in [0.15, 0.2) is 0 Å². The minimum absolute atomic E-state index is 0.184. The summed E-state index contributed by atoms with van der Waals surface area (Å²) in [5.41, 5.74) is 6.48. The number of fused-ring (bicyclic) bond motifs is 1. The van der Waals surface area contributed by atoms with Gasteiger partial charge in [-0.05, 0) is 6.07 Å². The Morgan fingerprint density at radius 2 is 2.31 bits per heavy atom. The van der Waals surface area contributed by atoms with Crippen LogP contribution in [0.5, 0.6) is 5.75 Å². The number of nitrogens with two attached hydrogens (primary N) is 1. The number of hydrogen-bond acceptors (Lipinski definition) is 4. The van der Waals surface area contributed by atoms with Crippen molar-refractivity contribution in [3.05, 3.63) is 29.8 Å². The second kappa shape index (κ2) is 4.14. The summed E-state index contributed by atoms with van der Waals surface area (Å²) in [6.45, 7) is 0.532. The zero-order chi connectivity index (χ0) is 11.6. The Morgan fingerprint density at radius 1 is 1.56 bits per heavy atom. The minimum Gasteiger partial charge on any atom is -0.493 e. The standard InChI is InChI=1S/C12H15NO3/c1-15-11(14)8-12(13)6-7-16-10-5-3-2-4-9(10)12/h2-5H,6-8,13H2,1H3/t12-/m1/s1. The quantitative estimate of drug-likeness (QED) is 0.762. The van der Waals surface area contributed by atoms with Crippen molar-refractivity contribution in [1.29, 1.82) is 0 Å². The van der Waals surface area contributed by atoms with Crippen LogP contribution in [-0.2, 0) is 15.1 Å². The van der Waals surface area contributed by atoms with Crippen LogP contribution in [0.1, 0.15) is 18.4 Å². The molecular weight excluding hydrogens is 206 g/mol. The molecule has 1 atom stereocenters. The van der Waals surface area contributed by atoms with Crippen LogP contribution in [0.3, 0.4) is 0 Å². The Morgan fingerprint density at radius 3 is 3.06 bits per heavy atom. The second-order valence-electron chi connectivity index (χ2n) is 4.00. The van der Waals surface area contributed by atoms with E-state index >= 15 is 0 Å². The zero-order valence-corrected chi connectivity index (χ0v) is 9.23. The molecule has 0 saturated heterocycles. The predicted octanol–water partition coefficient (Wildman–Crippen LogP) is 1.19. The fraction of sp³-hybridized carbons (Fsp3) is 0.417. The molecule has 1 aromatic rings. The third kappa shape index (κ3) is 1.88. The van der Waals surface area contributed by atoms with E-state index in [1.54, 1.807) is 0 Å². The summed E-state index contributed by atoms with van der Waals surface area (Å²) in [4.78, 5) is 11.4. The van der Waals surface area contributed by atoms with Gasteiger partial charge in [0, 0.05) is 12.0 Å². The van der Waals surface area contributed by atoms with E-state index in [-0.39, 0.29) is 12.4 Å². The SMILES string of the molecule is COC(=O)C[C@]1(N)CCOc2ccccc21. The number of esters is 1. The summed E-state index contributed by atoms with van der Waals surface area (Å²) in [6, 6.07) is 7.56. The molecule has 0 fully saturated rings. The molecule has 86 valence electrons. The van der Waals surface area contributed by atoms with Crippen LogP contribution in [0.2, 0.25) is 0 Å². The number of rotatable bonds is 2. The minimum atomic E-state index is -0.665. The monoisotopic (exact) mass is 221 g/mol. The van der Waals surface area contributed by atoms with Gasteiger partial charge >= 0.3 is 5.97 Å². The summed E-state index contributed by atoms with van der Waals surface area (Å²) >= 11 is 0. The van der Waals surface area contributed by atoms with Crippen molar-refractivity contribution in [3.8, 4) is 5.75 Å². The summed E-state index contributed by atoms with van der Waals surface area (Å²) in [5.74, 6) is 0.472. The maximum atomic E-state index is 11.4. The highest BCUT2D eigenvalue weighted by molar-refractivity contribution is 5.71. The molecule has 0 saturated carbocycles. The molecule has 4 heteroatoms. The Bertz CT molecular complexity index is 405. The maximum absolute atomic E-state index is 11.4. The van der Waals surface area contributed by atoms with E-state index in [9.17, 15) is 4.79 Å². The zero-order valence-electron chi connectivity index (χ0n) is 9.23. The first-order chi connectivity index (χ1) is 7.65. The van der Waals surface area contributed by atoms with Gasteiger partial charge < -0.3 is 15.2 Å². The van der Waals surface area contributed by atoms with E-state index in [2.05, 4.69) is 4.74 Å². The van der Waals surface area contributed by atoms with Crippen molar-refractivity contribution in [2.24, 2.45) is 5.73 Å². The molecule has 1 aliphatic rings. The van der Waals surface area contributed by atoms with Gasteiger partial charge in [0.05, 0.1) is 25.7 Å². The lowest BCUT2D eigenvalue weighted by atomic mass is 9.83. The van der Waals surface area contributed by atoms with E-state index in [1.807, 2.05) is 24.3 Å². The molecule has 0 amide bonds. The van der Waals surface area contributed by atoms with E-state index in [4.69, 9.17) is 10.5 Å². The average molecular weight is 221 g/mol. The lowest BCUT2D eigenvalue weighted by molar-refractivity contribution is -0.142. The lowest BCUT2D eigenvalue weighted by Crippen LogP contribution is -2.43. The van der Waals surface area contributed by atoms with E-state index < -0.39 is 5.54 Å². The Balaban J connectivity index is 2.32. The average Bonchev–Trinajstić information content (AvgIpc) is 2.29. The molecule has 0 bridgehead atoms. The Labute approximate surface area is 94.3 Å². The van der Waals surface area contributed by atoms with Gasteiger partial charge in [0.25, 0.3) is 0 Å². The number of para-hydroxylation sites is 1. The highest BCUT2D eigenvalue weighted by atomic mass is 16.5. The molecule has 0 aliphatic carbocycles. The van der Waals surface area contributed by atoms with Crippen molar-refractivity contribution in [1.82, 2.24) is 0 Å². The van der Waals surface area contributed by atoms with Gasteiger partial charge in [-0.15, -0.1) is 0 Å². The van der Waals surface area contributed by atoms with Crippen molar-refractivity contribution < 1.29 is 14.3 Å². The summed E-state index contributed by atoms with van der Waals surface area (Å²) < 4.78 is 10.2. The van der Waals surface area contributed by atoms with E-state index in [1.165, 1.54) is 7.11 Å². The summed E-state index contributed by atoms with van der Waals surface area (Å²) in [6.07, 6.45) is 0.809.